The zero-order valence-electron chi connectivity index (χ0n) is 13.3. The number of esters is 1. The predicted molar refractivity (Wildman–Crippen MR) is 74.5 cm³/mol. The van der Waals surface area contributed by atoms with Crippen LogP contribution >= 0.6 is 0 Å². The fraction of sp³-hybridized carbons (Fsp3) is 0.800. The molecule has 0 amide bonds. The molecule has 0 aromatic rings. The molecule has 0 N–H and O–H groups in total. The summed E-state index contributed by atoms with van der Waals surface area (Å²) in [6, 6.07) is 0. The Balaban J connectivity index is 2.05. The van der Waals surface area contributed by atoms with Crippen molar-refractivity contribution in [2.45, 2.75) is 64.5 Å². The van der Waals surface area contributed by atoms with Crippen molar-refractivity contribution in [3.05, 3.63) is 12.2 Å². The molecule has 0 bridgehead atoms. The van der Waals surface area contributed by atoms with Crippen molar-refractivity contribution in [1.29, 1.82) is 0 Å². The molecule has 0 unspecified atom stereocenters. The third-order valence-corrected chi connectivity index (χ3v) is 3.27. The van der Waals surface area contributed by atoms with Gasteiger partial charge < -0.3 is 23.7 Å². The predicted octanol–water partition coefficient (Wildman–Crippen LogP) is 1.78. The molecule has 0 radical (unpaired) electrons. The number of rotatable bonds is 4. The van der Waals surface area contributed by atoms with Gasteiger partial charge in [0.05, 0.1) is 13.2 Å². The van der Waals surface area contributed by atoms with Gasteiger partial charge in [-0.25, -0.2) is 4.79 Å². The van der Waals surface area contributed by atoms with Crippen LogP contribution in [0.2, 0.25) is 0 Å². The summed E-state index contributed by atoms with van der Waals surface area (Å²) in [5.41, 5.74) is 0. The molecule has 0 saturated carbocycles. The smallest absolute Gasteiger partial charge is 0.330 e. The average Bonchev–Trinajstić information content (AvgIpc) is 2.86. The van der Waals surface area contributed by atoms with Gasteiger partial charge in [-0.2, -0.15) is 0 Å². The van der Waals surface area contributed by atoms with Gasteiger partial charge in [0.25, 0.3) is 0 Å². The monoisotopic (exact) mass is 300 g/mol. The van der Waals surface area contributed by atoms with E-state index in [1.165, 1.54) is 6.08 Å². The lowest BCUT2D eigenvalue weighted by atomic mass is 10.1. The fourth-order valence-electron chi connectivity index (χ4n) is 2.49. The maximum absolute atomic E-state index is 11.4. The Hall–Kier alpha value is -0.950. The Morgan fingerprint density at radius 3 is 2.48 bits per heavy atom. The minimum atomic E-state index is -0.732. The number of carbonyl (C=O) groups excluding carboxylic acids is 1. The van der Waals surface area contributed by atoms with Gasteiger partial charge >= 0.3 is 5.97 Å². The van der Waals surface area contributed by atoms with Crippen molar-refractivity contribution in [3.8, 4) is 0 Å². The maximum atomic E-state index is 11.4. The molecule has 2 aliphatic heterocycles. The first-order valence-corrected chi connectivity index (χ1v) is 7.25. The minimum Gasteiger partial charge on any atom is -0.463 e. The molecule has 6 nitrogen and oxygen atoms in total. The van der Waals surface area contributed by atoms with Crippen LogP contribution in [0, 0.1) is 0 Å². The number of hydrogen-bond acceptors (Lipinski definition) is 6. The molecule has 0 aromatic heterocycles. The second-order valence-corrected chi connectivity index (χ2v) is 6.04. The van der Waals surface area contributed by atoms with Crippen LogP contribution in [0.15, 0.2) is 12.2 Å². The summed E-state index contributed by atoms with van der Waals surface area (Å²) in [6.07, 6.45) is 2.08. The van der Waals surface area contributed by atoms with E-state index in [1.54, 1.807) is 13.0 Å². The van der Waals surface area contributed by atoms with Crippen molar-refractivity contribution >= 4 is 5.97 Å². The third kappa shape index (κ3) is 4.26. The van der Waals surface area contributed by atoms with Crippen LogP contribution in [0.25, 0.3) is 0 Å². The van der Waals surface area contributed by atoms with Crippen molar-refractivity contribution in [2.24, 2.45) is 0 Å². The van der Waals surface area contributed by atoms with Crippen molar-refractivity contribution in [1.82, 2.24) is 0 Å². The first-order chi connectivity index (χ1) is 9.72. The Labute approximate surface area is 125 Å². The summed E-state index contributed by atoms with van der Waals surface area (Å²) in [5.74, 6) is -1.76. The van der Waals surface area contributed by atoms with E-state index in [1.807, 2.05) is 27.7 Å². The van der Waals surface area contributed by atoms with E-state index in [0.29, 0.717) is 13.2 Å². The second-order valence-electron chi connectivity index (χ2n) is 6.04. The molecule has 0 spiro atoms. The van der Waals surface area contributed by atoms with Crippen LogP contribution in [0.3, 0.4) is 0 Å². The van der Waals surface area contributed by atoms with Crippen LogP contribution in [-0.2, 0) is 28.5 Å². The standard InChI is InChI=1S/C15H24O6/c1-6-17-12(16)8-7-10-13(21-15(4,5)19-10)11-9-18-14(2,3)20-11/h7-8,10-11,13H,6,9H2,1-5H3/b8-7+/t10-,11-,13-/m1/s1. The maximum Gasteiger partial charge on any atom is 0.330 e. The lowest BCUT2D eigenvalue weighted by molar-refractivity contribution is -0.174. The van der Waals surface area contributed by atoms with E-state index in [0.717, 1.165) is 0 Å². The van der Waals surface area contributed by atoms with E-state index < -0.39 is 17.5 Å². The van der Waals surface area contributed by atoms with E-state index in [-0.39, 0.29) is 18.3 Å². The van der Waals surface area contributed by atoms with Gasteiger partial charge in [0.15, 0.2) is 11.6 Å². The molecular formula is C15H24O6. The third-order valence-electron chi connectivity index (χ3n) is 3.27. The largest absolute Gasteiger partial charge is 0.463 e. The van der Waals surface area contributed by atoms with Gasteiger partial charge in [-0.3, -0.25) is 0 Å². The fourth-order valence-corrected chi connectivity index (χ4v) is 2.49. The SMILES string of the molecule is CCOC(=O)/C=C/[C@H]1OC(C)(C)O[C@H]1[C@H]1COC(C)(C)O1. The van der Waals surface area contributed by atoms with E-state index in [4.69, 9.17) is 23.7 Å². The van der Waals surface area contributed by atoms with Crippen molar-refractivity contribution < 1.29 is 28.5 Å². The molecular weight excluding hydrogens is 276 g/mol. The number of hydrogen-bond donors (Lipinski definition) is 0. The molecule has 120 valence electrons. The van der Waals surface area contributed by atoms with Crippen LogP contribution in [-0.4, -0.2) is 49.1 Å². The first-order valence-electron chi connectivity index (χ1n) is 7.25. The molecule has 2 rings (SSSR count). The quantitative estimate of drug-likeness (QED) is 0.582. The molecule has 0 aromatic carbocycles. The molecule has 2 saturated heterocycles. The highest BCUT2D eigenvalue weighted by Crippen LogP contribution is 2.35. The molecule has 2 aliphatic rings. The van der Waals surface area contributed by atoms with Gasteiger partial charge in [0, 0.05) is 6.08 Å². The molecule has 21 heavy (non-hydrogen) atoms. The zero-order valence-corrected chi connectivity index (χ0v) is 13.3. The summed E-state index contributed by atoms with van der Waals surface area (Å²) in [4.78, 5) is 11.4. The molecule has 0 aliphatic carbocycles. The van der Waals surface area contributed by atoms with Gasteiger partial charge in [0.2, 0.25) is 0 Å². The first kappa shape index (κ1) is 16.4. The van der Waals surface area contributed by atoms with Gasteiger partial charge in [-0.1, -0.05) is 0 Å². The summed E-state index contributed by atoms with van der Waals surface area (Å²) in [7, 11) is 0. The van der Waals surface area contributed by atoms with Gasteiger partial charge in [-0.05, 0) is 40.7 Å². The molecule has 2 heterocycles. The van der Waals surface area contributed by atoms with Crippen LogP contribution in [0.5, 0.6) is 0 Å². The number of ether oxygens (including phenoxy) is 5. The van der Waals surface area contributed by atoms with Crippen LogP contribution in [0.4, 0.5) is 0 Å². The van der Waals surface area contributed by atoms with E-state index in [9.17, 15) is 4.79 Å². The summed E-state index contributed by atoms with van der Waals surface area (Å²) < 4.78 is 28.0. The highest BCUT2D eigenvalue weighted by atomic mass is 16.8. The summed E-state index contributed by atoms with van der Waals surface area (Å²) in [5, 5.41) is 0. The lowest BCUT2D eigenvalue weighted by Gasteiger charge is -2.22. The van der Waals surface area contributed by atoms with Crippen molar-refractivity contribution in [3.63, 3.8) is 0 Å². The van der Waals surface area contributed by atoms with E-state index in [2.05, 4.69) is 0 Å². The van der Waals surface area contributed by atoms with Crippen molar-refractivity contribution in [2.75, 3.05) is 13.2 Å². The lowest BCUT2D eigenvalue weighted by Crippen LogP contribution is -2.37. The second kappa shape index (κ2) is 6.04. The number of carbonyl (C=O) groups is 1. The van der Waals surface area contributed by atoms with Crippen LogP contribution < -0.4 is 0 Å². The Kier molecular flexibility index (Phi) is 4.72. The molecule has 3 atom stereocenters. The Morgan fingerprint density at radius 2 is 1.90 bits per heavy atom. The highest BCUT2D eigenvalue weighted by Gasteiger charge is 2.48. The normalized spacial score (nSPS) is 34.4. The molecule has 2 fully saturated rings. The zero-order chi connectivity index (χ0) is 15.7. The Bertz CT molecular complexity index is 414. The molecule has 6 heteroatoms. The van der Waals surface area contributed by atoms with E-state index >= 15 is 0 Å². The highest BCUT2D eigenvalue weighted by molar-refractivity contribution is 5.81. The topological polar surface area (TPSA) is 63.2 Å². The summed E-state index contributed by atoms with van der Waals surface area (Å²) >= 11 is 0. The summed E-state index contributed by atoms with van der Waals surface area (Å²) in [6.45, 7) is 9.92. The van der Waals surface area contributed by atoms with Crippen LogP contribution in [0.1, 0.15) is 34.6 Å². The Morgan fingerprint density at radius 1 is 1.19 bits per heavy atom. The van der Waals surface area contributed by atoms with Gasteiger partial charge in [-0.15, -0.1) is 0 Å². The minimum absolute atomic E-state index is 0.237. The average molecular weight is 300 g/mol. The van der Waals surface area contributed by atoms with Gasteiger partial charge in [0.1, 0.15) is 18.3 Å².